The molecule has 28 heavy (non-hydrogen) atoms. The summed E-state index contributed by atoms with van der Waals surface area (Å²) < 4.78 is 27.2. The molecule has 0 unspecified atom stereocenters. The van der Waals surface area contributed by atoms with Gasteiger partial charge in [0.1, 0.15) is 15.8 Å². The van der Waals surface area contributed by atoms with Crippen LogP contribution in [0.2, 0.25) is 0 Å². The van der Waals surface area contributed by atoms with Crippen molar-refractivity contribution in [2.24, 2.45) is 0 Å². The zero-order chi connectivity index (χ0) is 19.4. The third-order valence-electron chi connectivity index (χ3n) is 5.32. The molecule has 0 aliphatic heterocycles. The van der Waals surface area contributed by atoms with Gasteiger partial charge in [-0.2, -0.15) is 0 Å². The fraction of sp³-hybridized carbons (Fsp3) is 0.250. The minimum absolute atomic E-state index is 0.251. The van der Waals surface area contributed by atoms with Gasteiger partial charge in [0, 0.05) is 0 Å². The van der Waals surface area contributed by atoms with Crippen molar-refractivity contribution in [3.05, 3.63) is 84.9 Å². The Morgan fingerprint density at radius 2 is 1.14 bits per heavy atom. The summed E-state index contributed by atoms with van der Waals surface area (Å²) in [7, 11) is -3.80. The summed E-state index contributed by atoms with van der Waals surface area (Å²) in [4.78, 5) is 3.70. The normalized spacial score (nSPS) is 15.6. The lowest BCUT2D eigenvalue weighted by molar-refractivity contribution is 0.483. The summed E-state index contributed by atoms with van der Waals surface area (Å²) in [5, 5.41) is -0.251. The molecule has 0 spiro atoms. The maximum Gasteiger partial charge on any atom is 0.186 e. The van der Waals surface area contributed by atoms with Gasteiger partial charge in [0.25, 0.3) is 0 Å². The number of benzene rings is 3. The van der Waals surface area contributed by atoms with E-state index in [1.807, 2.05) is 60.7 Å². The number of hydrogen-bond acceptors (Lipinski definition) is 2. The van der Waals surface area contributed by atoms with Gasteiger partial charge < -0.3 is 0 Å². The summed E-state index contributed by atoms with van der Waals surface area (Å²) in [6, 6.07) is 28.1. The van der Waals surface area contributed by atoms with E-state index in [-0.39, 0.29) is 5.25 Å². The number of hydrogen-bond donors (Lipinski definition) is 0. The van der Waals surface area contributed by atoms with Crippen LogP contribution in [0.25, 0.3) is 0 Å². The Labute approximate surface area is 170 Å². The molecule has 3 aromatic rings. The zero-order valence-electron chi connectivity index (χ0n) is 15.8. The molecule has 0 saturated heterocycles. The summed E-state index contributed by atoms with van der Waals surface area (Å²) in [6.07, 6.45) is 4.72. The Morgan fingerprint density at radius 3 is 1.71 bits per heavy atom. The lowest BCUT2D eigenvalue weighted by Crippen LogP contribution is -2.25. The molecule has 1 aliphatic carbocycles. The quantitative estimate of drug-likeness (QED) is 0.493. The molecule has 0 bridgehead atoms. The largest absolute Gasteiger partial charge is 0.223 e. The number of rotatable bonds is 5. The van der Waals surface area contributed by atoms with Crippen molar-refractivity contribution in [3.8, 4) is 0 Å². The van der Waals surface area contributed by atoms with Crippen LogP contribution in [0.4, 0.5) is 0 Å². The average molecular weight is 410 g/mol. The topological polar surface area (TPSA) is 34.1 Å². The lowest BCUT2D eigenvalue weighted by Gasteiger charge is -2.22. The third-order valence-corrected chi connectivity index (χ3v) is 10.1. The summed E-state index contributed by atoms with van der Waals surface area (Å²) in [6.45, 7) is 0. The monoisotopic (exact) mass is 409 g/mol. The van der Waals surface area contributed by atoms with Crippen molar-refractivity contribution in [2.75, 3.05) is 0 Å². The Morgan fingerprint density at radius 1 is 0.643 bits per heavy atom. The van der Waals surface area contributed by atoms with E-state index in [4.69, 9.17) is 0 Å². The van der Waals surface area contributed by atoms with Crippen LogP contribution in [0.5, 0.6) is 0 Å². The lowest BCUT2D eigenvalue weighted by atomic mass is 10.0. The first-order valence-corrected chi connectivity index (χ1v) is 12.6. The summed E-state index contributed by atoms with van der Waals surface area (Å²) >= 11 is 0. The van der Waals surface area contributed by atoms with Crippen molar-refractivity contribution >= 4 is 20.7 Å². The van der Waals surface area contributed by atoms with Crippen LogP contribution in [-0.2, 0) is 20.7 Å². The van der Waals surface area contributed by atoms with Crippen LogP contribution in [0.15, 0.2) is 105 Å². The smallest absolute Gasteiger partial charge is 0.186 e. The Hall–Kier alpha value is -2.04. The molecule has 0 aromatic heterocycles. The molecule has 4 rings (SSSR count). The van der Waals surface area contributed by atoms with Gasteiger partial charge in [-0.3, -0.25) is 0 Å². The minimum Gasteiger partial charge on any atom is -0.223 e. The van der Waals surface area contributed by atoms with Gasteiger partial charge in [-0.25, -0.2) is 8.42 Å². The second kappa shape index (κ2) is 8.54. The highest BCUT2D eigenvalue weighted by molar-refractivity contribution is 7.98. The molecule has 4 heteroatoms. The predicted octanol–water partition coefficient (Wildman–Crippen LogP) is 5.89. The van der Waals surface area contributed by atoms with E-state index in [1.165, 1.54) is 0 Å². The molecule has 0 N–H and O–H groups in total. The van der Waals surface area contributed by atoms with Gasteiger partial charge in [0.05, 0.1) is 5.25 Å². The SMILES string of the molecule is O=S(=O)(c1ccccc1[S+](c1ccccc1)c1ccccc1)C1CCCCC1. The molecule has 1 aliphatic rings. The Balaban J connectivity index is 1.87. The van der Waals surface area contributed by atoms with E-state index in [9.17, 15) is 8.42 Å². The van der Waals surface area contributed by atoms with E-state index < -0.39 is 20.7 Å². The minimum atomic E-state index is -3.35. The van der Waals surface area contributed by atoms with E-state index in [0.29, 0.717) is 4.90 Å². The molecule has 2 nitrogen and oxygen atoms in total. The fourth-order valence-electron chi connectivity index (χ4n) is 3.91. The first-order chi connectivity index (χ1) is 13.7. The van der Waals surface area contributed by atoms with Gasteiger partial charge in [-0.1, -0.05) is 67.8 Å². The van der Waals surface area contributed by atoms with Crippen molar-refractivity contribution in [1.82, 2.24) is 0 Å². The highest BCUT2D eigenvalue weighted by atomic mass is 32.2. The highest BCUT2D eigenvalue weighted by Gasteiger charge is 2.38. The van der Waals surface area contributed by atoms with E-state index >= 15 is 0 Å². The summed E-state index contributed by atoms with van der Waals surface area (Å²) in [5.74, 6) is 0. The first-order valence-electron chi connectivity index (χ1n) is 9.85. The molecular weight excluding hydrogens is 384 g/mol. The molecular formula is C24H25O2S2+. The van der Waals surface area contributed by atoms with E-state index in [2.05, 4.69) is 24.3 Å². The fourth-order valence-corrected chi connectivity index (χ4v) is 8.56. The molecule has 0 atom stereocenters. The van der Waals surface area contributed by atoms with Gasteiger partial charge in [0.2, 0.25) is 0 Å². The second-order valence-electron chi connectivity index (χ2n) is 7.18. The first kappa shape index (κ1) is 19.3. The Bertz CT molecular complexity index is 969. The van der Waals surface area contributed by atoms with Crippen molar-refractivity contribution in [1.29, 1.82) is 0 Å². The predicted molar refractivity (Wildman–Crippen MR) is 116 cm³/mol. The molecule has 144 valence electrons. The van der Waals surface area contributed by atoms with Crippen LogP contribution in [-0.4, -0.2) is 13.7 Å². The van der Waals surface area contributed by atoms with Crippen molar-refractivity contribution in [2.45, 2.75) is 56.9 Å². The molecule has 0 radical (unpaired) electrons. The molecule has 0 heterocycles. The summed E-state index contributed by atoms with van der Waals surface area (Å²) in [5.41, 5.74) is 0. The van der Waals surface area contributed by atoms with Crippen molar-refractivity contribution in [3.63, 3.8) is 0 Å². The van der Waals surface area contributed by atoms with Gasteiger partial charge >= 0.3 is 0 Å². The van der Waals surface area contributed by atoms with Gasteiger partial charge in [-0.15, -0.1) is 0 Å². The maximum absolute atomic E-state index is 13.6. The molecule has 0 amide bonds. The van der Waals surface area contributed by atoms with Crippen LogP contribution in [0, 0.1) is 0 Å². The van der Waals surface area contributed by atoms with Crippen LogP contribution in [0.3, 0.4) is 0 Å². The maximum atomic E-state index is 13.6. The second-order valence-corrected chi connectivity index (χ2v) is 11.4. The van der Waals surface area contributed by atoms with E-state index in [0.717, 1.165) is 46.8 Å². The van der Waals surface area contributed by atoms with Crippen molar-refractivity contribution < 1.29 is 8.42 Å². The average Bonchev–Trinajstić information content (AvgIpc) is 2.76. The van der Waals surface area contributed by atoms with Crippen LogP contribution >= 0.6 is 0 Å². The molecule has 1 saturated carbocycles. The molecule has 3 aromatic carbocycles. The van der Waals surface area contributed by atoms with Gasteiger partial charge in [0.15, 0.2) is 24.5 Å². The van der Waals surface area contributed by atoms with E-state index in [1.54, 1.807) is 0 Å². The van der Waals surface area contributed by atoms with Crippen LogP contribution in [0.1, 0.15) is 32.1 Å². The third kappa shape index (κ3) is 3.89. The number of sulfone groups is 1. The Kier molecular flexibility index (Phi) is 5.88. The highest BCUT2D eigenvalue weighted by Crippen LogP contribution is 2.38. The standard InChI is InChI=1S/C24H25O2S2/c25-28(26,22-16-8-3-9-17-22)24-19-11-10-18-23(24)27(20-12-4-1-5-13-20)21-14-6-2-7-15-21/h1-2,4-7,10-15,18-19,22H,3,8-9,16-17H2/q+1. The van der Waals surface area contributed by atoms with Gasteiger partial charge in [-0.05, 0) is 49.2 Å². The van der Waals surface area contributed by atoms with Crippen LogP contribution < -0.4 is 0 Å². The zero-order valence-corrected chi connectivity index (χ0v) is 17.5. The molecule has 1 fully saturated rings.